The fourth-order valence-electron chi connectivity index (χ4n) is 2.52. The van der Waals surface area contributed by atoms with Gasteiger partial charge in [0.2, 0.25) is 0 Å². The molecule has 1 aromatic heterocycles. The van der Waals surface area contributed by atoms with E-state index in [-0.39, 0.29) is 11.9 Å². The van der Waals surface area contributed by atoms with Crippen LogP contribution < -0.4 is 20.9 Å². The van der Waals surface area contributed by atoms with Crippen molar-refractivity contribution in [3.63, 3.8) is 0 Å². The molecular weight excluding hydrogens is 342 g/mol. The minimum absolute atomic E-state index is 0.211. The first-order valence-corrected chi connectivity index (χ1v) is 9.04. The summed E-state index contributed by atoms with van der Waals surface area (Å²) in [6.07, 6.45) is 5.34. The number of anilines is 2. The summed E-state index contributed by atoms with van der Waals surface area (Å²) in [4.78, 5) is 30.6. The van der Waals surface area contributed by atoms with Crippen LogP contribution in [0, 0.1) is 0 Å². The van der Waals surface area contributed by atoms with Crippen LogP contribution in [0.4, 0.5) is 16.2 Å². The molecule has 0 aliphatic heterocycles. The van der Waals surface area contributed by atoms with Gasteiger partial charge in [0.25, 0.3) is 5.91 Å². The van der Waals surface area contributed by atoms with E-state index in [2.05, 4.69) is 27.9 Å². The molecule has 2 rings (SSSR count). The Kier molecular flexibility index (Phi) is 7.61. The van der Waals surface area contributed by atoms with Crippen molar-refractivity contribution >= 4 is 23.3 Å². The van der Waals surface area contributed by atoms with Gasteiger partial charge in [-0.15, -0.1) is 0 Å². The van der Waals surface area contributed by atoms with Gasteiger partial charge in [-0.05, 0) is 36.2 Å². The molecule has 0 aliphatic carbocycles. The highest BCUT2D eigenvalue weighted by Crippen LogP contribution is 2.23. The van der Waals surface area contributed by atoms with E-state index in [1.54, 1.807) is 24.5 Å². The normalized spacial score (nSPS) is 10.2. The standard InChI is InChI=1S/C20H27N5O2/c1-4-5-11-22-20(27)24-16-8-9-18(25(2)3)17(12-16)19(26)23-14-15-7-6-10-21-13-15/h6-10,12-13H,4-5,11,14H2,1-3H3,(H,23,26)(H2,22,24,27). The number of carbonyl (C=O) groups is 2. The molecule has 0 spiro atoms. The summed E-state index contributed by atoms with van der Waals surface area (Å²) in [6, 6.07) is 8.75. The van der Waals surface area contributed by atoms with Crippen molar-refractivity contribution in [2.24, 2.45) is 0 Å². The molecule has 0 unspecified atom stereocenters. The summed E-state index contributed by atoms with van der Waals surface area (Å²) in [6.45, 7) is 3.07. The van der Waals surface area contributed by atoms with Crippen LogP contribution in [0.25, 0.3) is 0 Å². The third kappa shape index (κ3) is 6.29. The molecule has 7 heteroatoms. The third-order valence-corrected chi connectivity index (χ3v) is 3.97. The van der Waals surface area contributed by atoms with Gasteiger partial charge in [0.15, 0.2) is 0 Å². The Balaban J connectivity index is 2.09. The number of nitrogens with one attached hydrogen (secondary N) is 3. The minimum atomic E-state index is -0.275. The second-order valence-electron chi connectivity index (χ2n) is 6.40. The van der Waals surface area contributed by atoms with Gasteiger partial charge in [-0.3, -0.25) is 9.78 Å². The second-order valence-corrected chi connectivity index (χ2v) is 6.40. The van der Waals surface area contributed by atoms with Gasteiger partial charge in [-0.1, -0.05) is 19.4 Å². The monoisotopic (exact) mass is 369 g/mol. The van der Waals surface area contributed by atoms with Crippen molar-refractivity contribution in [1.29, 1.82) is 0 Å². The van der Waals surface area contributed by atoms with Crippen LogP contribution in [0.5, 0.6) is 0 Å². The highest BCUT2D eigenvalue weighted by Gasteiger charge is 2.15. The number of nitrogens with zero attached hydrogens (tertiary/aromatic N) is 2. The average molecular weight is 369 g/mol. The van der Waals surface area contributed by atoms with Crippen molar-refractivity contribution in [2.75, 3.05) is 30.9 Å². The number of pyridine rings is 1. The SMILES string of the molecule is CCCCNC(=O)Nc1ccc(N(C)C)c(C(=O)NCc2cccnc2)c1. The molecule has 144 valence electrons. The Morgan fingerprint density at radius 2 is 1.96 bits per heavy atom. The van der Waals surface area contributed by atoms with Crippen molar-refractivity contribution in [1.82, 2.24) is 15.6 Å². The van der Waals surface area contributed by atoms with Gasteiger partial charge in [-0.25, -0.2) is 4.79 Å². The summed E-state index contributed by atoms with van der Waals surface area (Å²) >= 11 is 0. The molecule has 1 aromatic carbocycles. The van der Waals surface area contributed by atoms with Crippen molar-refractivity contribution < 1.29 is 9.59 Å². The van der Waals surface area contributed by atoms with Gasteiger partial charge in [0, 0.05) is 51.0 Å². The Morgan fingerprint density at radius 1 is 1.15 bits per heavy atom. The van der Waals surface area contributed by atoms with Crippen molar-refractivity contribution in [3.8, 4) is 0 Å². The summed E-state index contributed by atoms with van der Waals surface area (Å²) < 4.78 is 0. The topological polar surface area (TPSA) is 86.4 Å². The fourth-order valence-corrected chi connectivity index (χ4v) is 2.52. The lowest BCUT2D eigenvalue weighted by Crippen LogP contribution is -2.30. The molecule has 0 radical (unpaired) electrons. The zero-order chi connectivity index (χ0) is 19.6. The number of unbranched alkanes of at least 4 members (excludes halogenated alkanes) is 1. The van der Waals surface area contributed by atoms with Crippen molar-refractivity contribution in [2.45, 2.75) is 26.3 Å². The maximum atomic E-state index is 12.7. The number of aromatic nitrogens is 1. The number of hydrogen-bond donors (Lipinski definition) is 3. The maximum absolute atomic E-state index is 12.7. The molecule has 3 N–H and O–H groups in total. The van der Waals surface area contributed by atoms with E-state index in [0.29, 0.717) is 24.3 Å². The number of amides is 3. The Morgan fingerprint density at radius 3 is 2.63 bits per heavy atom. The predicted octanol–water partition coefficient (Wildman–Crippen LogP) is 3.00. The summed E-state index contributed by atoms with van der Waals surface area (Å²) in [5, 5.41) is 8.47. The molecule has 0 bridgehead atoms. The molecule has 0 saturated heterocycles. The van der Waals surface area contributed by atoms with Gasteiger partial charge in [0.1, 0.15) is 0 Å². The molecular formula is C20H27N5O2. The number of rotatable bonds is 8. The summed E-state index contributed by atoms with van der Waals surface area (Å²) in [7, 11) is 3.75. The quantitative estimate of drug-likeness (QED) is 0.624. The first-order chi connectivity index (χ1) is 13.0. The molecule has 0 saturated carbocycles. The number of carbonyl (C=O) groups excluding carboxylic acids is 2. The summed E-state index contributed by atoms with van der Waals surface area (Å²) in [5.41, 5.74) is 2.76. The molecule has 3 amide bonds. The maximum Gasteiger partial charge on any atom is 0.319 e. The highest BCUT2D eigenvalue weighted by molar-refractivity contribution is 6.01. The lowest BCUT2D eigenvalue weighted by Gasteiger charge is -2.18. The highest BCUT2D eigenvalue weighted by atomic mass is 16.2. The second kappa shape index (κ2) is 10.2. The molecule has 1 heterocycles. The Labute approximate surface area is 160 Å². The lowest BCUT2D eigenvalue weighted by molar-refractivity contribution is 0.0951. The zero-order valence-corrected chi connectivity index (χ0v) is 16.1. The fraction of sp³-hybridized carbons (Fsp3) is 0.350. The van der Waals surface area contributed by atoms with Crippen LogP contribution in [-0.2, 0) is 6.54 Å². The Bertz CT molecular complexity index is 762. The van der Waals surface area contributed by atoms with E-state index in [9.17, 15) is 9.59 Å². The summed E-state index contributed by atoms with van der Waals surface area (Å²) in [5.74, 6) is -0.211. The minimum Gasteiger partial charge on any atom is -0.377 e. The van der Waals surface area contributed by atoms with Crippen LogP contribution in [0.3, 0.4) is 0 Å². The first-order valence-electron chi connectivity index (χ1n) is 9.04. The molecule has 0 fully saturated rings. The van der Waals surface area contributed by atoms with Gasteiger partial charge < -0.3 is 20.9 Å². The van der Waals surface area contributed by atoms with Gasteiger partial charge >= 0.3 is 6.03 Å². The van der Waals surface area contributed by atoms with E-state index in [1.165, 1.54) is 0 Å². The van der Waals surface area contributed by atoms with Gasteiger partial charge in [-0.2, -0.15) is 0 Å². The number of urea groups is 1. The van der Waals surface area contributed by atoms with Crippen LogP contribution in [0.15, 0.2) is 42.7 Å². The van der Waals surface area contributed by atoms with E-state index in [4.69, 9.17) is 0 Å². The molecule has 0 aliphatic rings. The first kappa shape index (κ1) is 20.2. The van der Waals surface area contributed by atoms with Crippen molar-refractivity contribution in [3.05, 3.63) is 53.9 Å². The third-order valence-electron chi connectivity index (χ3n) is 3.97. The smallest absolute Gasteiger partial charge is 0.319 e. The number of benzene rings is 1. The van der Waals surface area contributed by atoms with Crippen LogP contribution in [0.1, 0.15) is 35.7 Å². The van der Waals surface area contributed by atoms with Crippen LogP contribution in [0.2, 0.25) is 0 Å². The Hall–Kier alpha value is -3.09. The predicted molar refractivity (Wildman–Crippen MR) is 108 cm³/mol. The lowest BCUT2D eigenvalue weighted by atomic mass is 10.1. The zero-order valence-electron chi connectivity index (χ0n) is 16.1. The van der Waals surface area contributed by atoms with E-state index in [1.807, 2.05) is 37.2 Å². The average Bonchev–Trinajstić information content (AvgIpc) is 2.67. The molecule has 2 aromatic rings. The van der Waals surface area contributed by atoms with E-state index < -0.39 is 0 Å². The van der Waals surface area contributed by atoms with Crippen LogP contribution in [-0.4, -0.2) is 37.6 Å². The molecule has 27 heavy (non-hydrogen) atoms. The molecule has 7 nitrogen and oxygen atoms in total. The largest absolute Gasteiger partial charge is 0.377 e. The molecule has 0 atom stereocenters. The van der Waals surface area contributed by atoms with E-state index in [0.717, 1.165) is 24.1 Å². The van der Waals surface area contributed by atoms with Crippen LogP contribution >= 0.6 is 0 Å². The van der Waals surface area contributed by atoms with E-state index >= 15 is 0 Å². The number of hydrogen-bond acceptors (Lipinski definition) is 4. The van der Waals surface area contributed by atoms with Gasteiger partial charge in [0.05, 0.1) is 5.56 Å².